The maximum atomic E-state index is 14.8. The van der Waals surface area contributed by atoms with E-state index in [-0.39, 0.29) is 23.7 Å². The Bertz CT molecular complexity index is 1090. The van der Waals surface area contributed by atoms with Gasteiger partial charge >= 0.3 is 0 Å². The highest BCUT2D eigenvalue weighted by Gasteiger charge is 2.27. The van der Waals surface area contributed by atoms with Gasteiger partial charge in [-0.1, -0.05) is 6.07 Å². The van der Waals surface area contributed by atoms with E-state index in [0.717, 1.165) is 55.0 Å². The molecule has 3 aliphatic rings. The molecule has 2 aromatic rings. The predicted octanol–water partition coefficient (Wildman–Crippen LogP) is 3.07. The highest BCUT2D eigenvalue weighted by Crippen LogP contribution is 2.35. The van der Waals surface area contributed by atoms with E-state index in [9.17, 15) is 14.0 Å². The van der Waals surface area contributed by atoms with Crippen molar-refractivity contribution in [1.82, 2.24) is 10.2 Å². The lowest BCUT2D eigenvalue weighted by atomic mass is 10.1. The average molecular weight is 453 g/mol. The monoisotopic (exact) mass is 452 g/mol. The second-order valence-electron chi connectivity index (χ2n) is 9.22. The number of anilines is 2. The van der Waals surface area contributed by atoms with Gasteiger partial charge in [-0.25, -0.2) is 4.39 Å². The molecule has 2 heterocycles. The zero-order valence-corrected chi connectivity index (χ0v) is 19.0. The third-order valence-corrected chi connectivity index (χ3v) is 6.50. The number of piperazine rings is 1. The summed E-state index contributed by atoms with van der Waals surface area (Å²) in [6, 6.07) is 9.08. The van der Waals surface area contributed by atoms with Crippen molar-refractivity contribution in [1.29, 1.82) is 0 Å². The van der Waals surface area contributed by atoms with Crippen LogP contribution in [0.25, 0.3) is 0 Å². The summed E-state index contributed by atoms with van der Waals surface area (Å²) in [7, 11) is 0. The number of hydrogen-bond donors (Lipinski definition) is 2. The van der Waals surface area contributed by atoms with Crippen molar-refractivity contribution >= 4 is 23.2 Å². The van der Waals surface area contributed by atoms with E-state index >= 15 is 0 Å². The first-order valence-corrected chi connectivity index (χ1v) is 11.6. The van der Waals surface area contributed by atoms with Gasteiger partial charge in [-0.15, -0.1) is 0 Å². The van der Waals surface area contributed by atoms with Gasteiger partial charge in [0.15, 0.2) is 6.10 Å². The summed E-state index contributed by atoms with van der Waals surface area (Å²) in [6.07, 6.45) is 1.52. The smallest absolute Gasteiger partial charge is 0.265 e. The fraction of sp³-hybridized carbons (Fsp3) is 0.440. The van der Waals surface area contributed by atoms with E-state index in [1.165, 1.54) is 6.07 Å². The molecule has 2 aromatic carbocycles. The van der Waals surface area contributed by atoms with E-state index in [4.69, 9.17) is 4.74 Å². The minimum Gasteiger partial charge on any atom is -0.478 e. The molecule has 5 rings (SSSR count). The summed E-state index contributed by atoms with van der Waals surface area (Å²) in [5.74, 6) is 0.0393. The molecule has 174 valence electrons. The maximum absolute atomic E-state index is 14.8. The van der Waals surface area contributed by atoms with Gasteiger partial charge in [0, 0.05) is 44.3 Å². The molecule has 0 radical (unpaired) electrons. The molecule has 1 aliphatic carbocycles. The van der Waals surface area contributed by atoms with Crippen LogP contribution in [0.5, 0.6) is 5.75 Å². The average Bonchev–Trinajstić information content (AvgIpc) is 3.60. The van der Waals surface area contributed by atoms with Gasteiger partial charge in [0.05, 0.1) is 11.4 Å². The number of fused-ring (bicyclic) bond motifs is 1. The zero-order chi connectivity index (χ0) is 23.1. The number of ether oxygens (including phenoxy) is 1. The van der Waals surface area contributed by atoms with E-state index in [1.54, 1.807) is 19.1 Å². The molecule has 0 spiro atoms. The summed E-state index contributed by atoms with van der Waals surface area (Å²) in [5, 5.41) is 5.82. The van der Waals surface area contributed by atoms with Gasteiger partial charge in [-0.05, 0) is 62.1 Å². The Balaban J connectivity index is 1.20. The molecular weight excluding hydrogens is 423 g/mol. The Morgan fingerprint density at radius 1 is 1.18 bits per heavy atom. The minimum atomic E-state index is -0.489. The molecule has 0 aromatic heterocycles. The summed E-state index contributed by atoms with van der Waals surface area (Å²) >= 11 is 0. The zero-order valence-electron chi connectivity index (χ0n) is 19.0. The molecular formula is C25H29FN4O3. The quantitative estimate of drug-likeness (QED) is 0.730. The lowest BCUT2D eigenvalue weighted by molar-refractivity contribution is -0.122. The van der Waals surface area contributed by atoms with Crippen LogP contribution >= 0.6 is 0 Å². The van der Waals surface area contributed by atoms with Crippen LogP contribution in [0.1, 0.15) is 41.3 Å². The van der Waals surface area contributed by atoms with Crippen molar-refractivity contribution in [2.24, 2.45) is 0 Å². The fourth-order valence-corrected chi connectivity index (χ4v) is 4.46. The second kappa shape index (κ2) is 8.67. The maximum Gasteiger partial charge on any atom is 0.265 e. The van der Waals surface area contributed by atoms with Crippen LogP contribution in [0.15, 0.2) is 30.3 Å². The molecule has 1 saturated carbocycles. The van der Waals surface area contributed by atoms with Crippen LogP contribution in [0.2, 0.25) is 0 Å². The van der Waals surface area contributed by atoms with Crippen LogP contribution in [0.3, 0.4) is 0 Å². The summed E-state index contributed by atoms with van der Waals surface area (Å²) in [5.41, 5.74) is 3.74. The molecule has 2 aliphatic heterocycles. The molecule has 7 nitrogen and oxygen atoms in total. The summed E-state index contributed by atoms with van der Waals surface area (Å²) in [6.45, 7) is 7.46. The third-order valence-electron chi connectivity index (χ3n) is 6.50. The highest BCUT2D eigenvalue weighted by atomic mass is 19.1. The molecule has 2 fully saturated rings. The lowest BCUT2D eigenvalue weighted by Crippen LogP contribution is -2.46. The Morgan fingerprint density at radius 2 is 1.94 bits per heavy atom. The third kappa shape index (κ3) is 4.66. The number of rotatable bonds is 5. The molecule has 1 saturated heterocycles. The largest absolute Gasteiger partial charge is 0.478 e. The molecule has 2 amide bonds. The van der Waals surface area contributed by atoms with Crippen LogP contribution in [-0.4, -0.2) is 55.0 Å². The van der Waals surface area contributed by atoms with Crippen molar-refractivity contribution in [3.8, 4) is 5.75 Å². The number of benzene rings is 2. The minimum absolute atomic E-state index is 0.134. The fourth-order valence-electron chi connectivity index (χ4n) is 4.46. The second-order valence-corrected chi connectivity index (χ2v) is 9.22. The standard InChI is InChI=1S/C25H29FN4O3/c1-15-11-17(12-21-23(15)33-16(2)24(31)28-21)14-29-7-9-30(10-8-29)22-6-3-18(13-20(22)26)25(32)27-19-4-5-19/h3,6,11-13,16,19H,4-5,7-10,14H2,1-2H3,(H,27,32)(H,28,31). The normalized spacial score (nSPS) is 20.6. The Kier molecular flexibility index (Phi) is 5.70. The van der Waals surface area contributed by atoms with Crippen molar-refractivity contribution < 1.29 is 18.7 Å². The SMILES string of the molecule is Cc1cc(CN2CCN(c3ccc(C(=O)NC4CC4)cc3F)CC2)cc2c1OC(C)C(=O)N2. The number of nitrogens with zero attached hydrogens (tertiary/aromatic N) is 2. The number of nitrogens with one attached hydrogen (secondary N) is 2. The first kappa shape index (κ1) is 21.7. The van der Waals surface area contributed by atoms with Crippen molar-refractivity contribution in [3.05, 3.63) is 52.8 Å². The summed E-state index contributed by atoms with van der Waals surface area (Å²) in [4.78, 5) is 28.5. The van der Waals surface area contributed by atoms with Gasteiger partial charge in [-0.2, -0.15) is 0 Å². The molecule has 0 bridgehead atoms. The number of carbonyl (C=O) groups is 2. The van der Waals surface area contributed by atoms with Gasteiger partial charge in [-0.3, -0.25) is 14.5 Å². The first-order chi connectivity index (χ1) is 15.9. The number of aryl methyl sites for hydroxylation is 1. The lowest BCUT2D eigenvalue weighted by Gasteiger charge is -2.36. The number of carbonyl (C=O) groups excluding carboxylic acids is 2. The van der Waals surface area contributed by atoms with Gasteiger partial charge in [0.25, 0.3) is 11.8 Å². The Labute approximate surface area is 192 Å². The number of hydrogen-bond acceptors (Lipinski definition) is 5. The van der Waals surface area contributed by atoms with E-state index in [1.807, 2.05) is 17.9 Å². The molecule has 2 N–H and O–H groups in total. The van der Waals surface area contributed by atoms with Crippen molar-refractivity contribution in [2.45, 2.75) is 45.4 Å². The molecule has 8 heteroatoms. The van der Waals surface area contributed by atoms with Gasteiger partial charge < -0.3 is 20.3 Å². The topological polar surface area (TPSA) is 73.9 Å². The molecule has 1 unspecified atom stereocenters. The predicted molar refractivity (Wildman–Crippen MR) is 124 cm³/mol. The first-order valence-electron chi connectivity index (χ1n) is 11.6. The van der Waals surface area contributed by atoms with Crippen molar-refractivity contribution in [3.63, 3.8) is 0 Å². The van der Waals surface area contributed by atoms with Gasteiger partial charge in [0.1, 0.15) is 11.6 Å². The van der Waals surface area contributed by atoms with Crippen LogP contribution < -0.4 is 20.3 Å². The van der Waals surface area contributed by atoms with Crippen LogP contribution in [0, 0.1) is 12.7 Å². The number of halogens is 1. The molecule has 33 heavy (non-hydrogen) atoms. The Hall–Kier alpha value is -3.13. The Morgan fingerprint density at radius 3 is 2.64 bits per heavy atom. The van der Waals surface area contributed by atoms with E-state index < -0.39 is 6.10 Å². The molecule has 1 atom stereocenters. The van der Waals surface area contributed by atoms with Crippen molar-refractivity contribution in [2.75, 3.05) is 36.4 Å². The summed E-state index contributed by atoms with van der Waals surface area (Å²) < 4.78 is 20.5. The highest BCUT2D eigenvalue weighted by molar-refractivity contribution is 5.98. The van der Waals surface area contributed by atoms with E-state index in [0.29, 0.717) is 24.3 Å². The van der Waals surface area contributed by atoms with E-state index in [2.05, 4.69) is 21.6 Å². The number of amides is 2. The van der Waals surface area contributed by atoms with Crippen LogP contribution in [-0.2, 0) is 11.3 Å². The van der Waals surface area contributed by atoms with Crippen LogP contribution in [0.4, 0.5) is 15.8 Å². The van der Waals surface area contributed by atoms with Gasteiger partial charge in [0.2, 0.25) is 0 Å².